The lowest BCUT2D eigenvalue weighted by atomic mass is 9.84. The molecule has 0 saturated carbocycles. The zero-order valence-corrected chi connectivity index (χ0v) is 12.5. The molecule has 0 N–H and O–H groups in total. The van der Waals surface area contributed by atoms with Crippen molar-refractivity contribution in [2.24, 2.45) is 0 Å². The number of nitrogens with zero attached hydrogens (tertiary/aromatic N) is 2. The Hall–Kier alpha value is -1.69. The second-order valence-corrected chi connectivity index (χ2v) is 5.04. The second-order valence-electron chi connectivity index (χ2n) is 3.88. The van der Waals surface area contributed by atoms with Crippen molar-refractivity contribution in [3.63, 3.8) is 0 Å². The fraction of sp³-hybridized carbons (Fsp3) is 0.333. The number of benzene rings is 1. The van der Waals surface area contributed by atoms with E-state index in [1.807, 2.05) is 28.7 Å². The molecule has 1 aromatic carbocycles. The summed E-state index contributed by atoms with van der Waals surface area (Å²) in [5, 5.41) is 19.9. The normalized spacial score (nSPS) is 13.2. The molecule has 1 unspecified atom stereocenters. The first-order valence-electron chi connectivity index (χ1n) is 5.39. The molecular weight excluding hydrogens is 363 g/mol. The minimum Gasteiger partial charge on any atom is -0.465 e. The molecule has 0 aliphatic heterocycles. The highest BCUT2D eigenvalue weighted by molar-refractivity contribution is 14.1. The summed E-state index contributed by atoms with van der Waals surface area (Å²) in [6.07, 6.45) is 0. The van der Waals surface area contributed by atoms with Gasteiger partial charge >= 0.3 is 5.97 Å². The number of ether oxygens (including phenoxy) is 1. The summed E-state index contributed by atoms with van der Waals surface area (Å²) in [5.41, 5.74) is -1.15. The molecule has 0 aliphatic carbocycles. The van der Waals surface area contributed by atoms with Gasteiger partial charge in [0.1, 0.15) is 0 Å². The third-order valence-corrected chi connectivity index (χ3v) is 3.50. The van der Waals surface area contributed by atoms with Gasteiger partial charge in [-0.25, -0.2) is 4.79 Å². The lowest BCUT2D eigenvalue weighted by Gasteiger charge is -2.21. The first-order chi connectivity index (χ1) is 8.86. The number of hydrogen-bond donors (Lipinski definition) is 0. The van der Waals surface area contributed by atoms with Crippen LogP contribution in [0.5, 0.6) is 0 Å². The molecule has 0 aliphatic rings. The standard InChI is InChI=1S/C12H11IN2O4/c1-3-19-11(16)12(2,7-14)9-5-4-8(15(17)18)6-10(9)13/h4-6H,3H2,1-2H3. The number of nitro benzene ring substituents is 1. The number of hydrogen-bond acceptors (Lipinski definition) is 5. The van der Waals surface area contributed by atoms with Crippen molar-refractivity contribution in [1.29, 1.82) is 5.26 Å². The molecule has 0 saturated heterocycles. The van der Waals surface area contributed by atoms with E-state index in [-0.39, 0.29) is 12.3 Å². The number of halogens is 1. The summed E-state index contributed by atoms with van der Waals surface area (Å²) < 4.78 is 5.36. The molecule has 6 nitrogen and oxygen atoms in total. The van der Waals surface area contributed by atoms with Gasteiger partial charge in [0.25, 0.3) is 5.69 Å². The maximum atomic E-state index is 11.9. The largest absolute Gasteiger partial charge is 0.465 e. The molecule has 7 heteroatoms. The third-order valence-electron chi connectivity index (χ3n) is 2.61. The SMILES string of the molecule is CCOC(=O)C(C)(C#N)c1ccc([N+](=O)[O-])cc1I. The van der Waals surface area contributed by atoms with E-state index in [9.17, 15) is 20.2 Å². The van der Waals surface area contributed by atoms with Gasteiger partial charge in [-0.05, 0) is 48.1 Å². The predicted octanol–water partition coefficient (Wildman–Crippen LogP) is 2.54. The van der Waals surface area contributed by atoms with E-state index in [1.165, 1.54) is 25.1 Å². The maximum absolute atomic E-state index is 11.9. The van der Waals surface area contributed by atoms with Gasteiger partial charge in [-0.1, -0.05) is 0 Å². The Labute approximate surface area is 123 Å². The van der Waals surface area contributed by atoms with Crippen molar-refractivity contribution in [3.8, 4) is 6.07 Å². The van der Waals surface area contributed by atoms with Gasteiger partial charge in [0.15, 0.2) is 5.41 Å². The first kappa shape index (κ1) is 15.4. The monoisotopic (exact) mass is 374 g/mol. The average molecular weight is 374 g/mol. The molecule has 0 aromatic heterocycles. The molecule has 19 heavy (non-hydrogen) atoms. The first-order valence-corrected chi connectivity index (χ1v) is 6.47. The smallest absolute Gasteiger partial charge is 0.330 e. The Balaban J connectivity index is 3.31. The Morgan fingerprint density at radius 1 is 1.63 bits per heavy atom. The van der Waals surface area contributed by atoms with Crippen LogP contribution in [0.15, 0.2) is 18.2 Å². The molecule has 0 fully saturated rings. The van der Waals surface area contributed by atoms with E-state index in [1.54, 1.807) is 6.92 Å². The molecule has 0 radical (unpaired) electrons. The van der Waals surface area contributed by atoms with E-state index >= 15 is 0 Å². The molecule has 0 bridgehead atoms. The van der Waals surface area contributed by atoms with Crippen LogP contribution in [0, 0.1) is 25.0 Å². The van der Waals surface area contributed by atoms with Crippen LogP contribution in [0.3, 0.4) is 0 Å². The zero-order valence-electron chi connectivity index (χ0n) is 10.3. The maximum Gasteiger partial charge on any atom is 0.330 e. The highest BCUT2D eigenvalue weighted by Crippen LogP contribution is 2.31. The van der Waals surface area contributed by atoms with Crippen LogP contribution >= 0.6 is 22.6 Å². The summed E-state index contributed by atoms with van der Waals surface area (Å²) in [4.78, 5) is 22.0. The van der Waals surface area contributed by atoms with Crippen LogP contribution in [0.25, 0.3) is 0 Å². The van der Waals surface area contributed by atoms with Crippen LogP contribution < -0.4 is 0 Å². The Morgan fingerprint density at radius 2 is 2.26 bits per heavy atom. The van der Waals surface area contributed by atoms with E-state index in [2.05, 4.69) is 0 Å². The van der Waals surface area contributed by atoms with Gasteiger partial charge in [0.2, 0.25) is 0 Å². The van der Waals surface area contributed by atoms with Gasteiger partial charge in [-0.2, -0.15) is 5.26 Å². The number of nitriles is 1. The lowest BCUT2D eigenvalue weighted by molar-refractivity contribution is -0.385. The van der Waals surface area contributed by atoms with Crippen LogP contribution in [0.1, 0.15) is 19.4 Å². The Bertz CT molecular complexity index is 567. The zero-order chi connectivity index (χ0) is 14.6. The number of nitro groups is 1. The molecule has 1 atom stereocenters. The van der Waals surface area contributed by atoms with Gasteiger partial charge in [0, 0.05) is 15.7 Å². The van der Waals surface area contributed by atoms with Crippen molar-refractivity contribution in [1.82, 2.24) is 0 Å². The number of non-ortho nitro benzene ring substituents is 1. The van der Waals surface area contributed by atoms with E-state index < -0.39 is 16.3 Å². The van der Waals surface area contributed by atoms with Crippen molar-refractivity contribution >= 4 is 34.2 Å². The van der Waals surface area contributed by atoms with Gasteiger partial charge in [-0.3, -0.25) is 10.1 Å². The van der Waals surface area contributed by atoms with Gasteiger partial charge in [-0.15, -0.1) is 0 Å². The second kappa shape index (κ2) is 5.97. The van der Waals surface area contributed by atoms with Crippen LogP contribution in [0.4, 0.5) is 5.69 Å². The molecule has 0 heterocycles. The number of carbonyl (C=O) groups is 1. The highest BCUT2D eigenvalue weighted by Gasteiger charge is 2.39. The molecule has 0 amide bonds. The van der Waals surface area contributed by atoms with E-state index in [0.29, 0.717) is 9.13 Å². The Morgan fingerprint density at radius 3 is 2.68 bits per heavy atom. The highest BCUT2D eigenvalue weighted by atomic mass is 127. The molecule has 1 rings (SSSR count). The van der Waals surface area contributed by atoms with Gasteiger partial charge < -0.3 is 4.74 Å². The topological polar surface area (TPSA) is 93.2 Å². The summed E-state index contributed by atoms with van der Waals surface area (Å²) in [5.74, 6) is -0.663. The fourth-order valence-corrected chi connectivity index (χ4v) is 2.55. The van der Waals surface area contributed by atoms with E-state index in [4.69, 9.17) is 4.74 Å². The molecule has 100 valence electrons. The molecule has 0 spiro atoms. The van der Waals surface area contributed by atoms with Crippen molar-refractivity contribution in [3.05, 3.63) is 37.4 Å². The minimum absolute atomic E-state index is 0.0858. The molecular formula is C12H11IN2O4. The number of carbonyl (C=O) groups excluding carboxylic acids is 1. The lowest BCUT2D eigenvalue weighted by Crippen LogP contribution is -2.33. The van der Waals surface area contributed by atoms with Crippen LogP contribution in [0.2, 0.25) is 0 Å². The van der Waals surface area contributed by atoms with Crippen molar-refractivity contribution < 1.29 is 14.5 Å². The van der Waals surface area contributed by atoms with Gasteiger partial charge in [0.05, 0.1) is 17.6 Å². The number of rotatable bonds is 4. The average Bonchev–Trinajstić information content (AvgIpc) is 2.37. The molecule has 1 aromatic rings. The Kier molecular flexibility index (Phi) is 4.83. The van der Waals surface area contributed by atoms with Crippen molar-refractivity contribution in [2.75, 3.05) is 6.61 Å². The van der Waals surface area contributed by atoms with Crippen molar-refractivity contribution in [2.45, 2.75) is 19.3 Å². The summed E-state index contributed by atoms with van der Waals surface area (Å²) in [6, 6.07) is 5.93. The fourth-order valence-electron chi connectivity index (χ4n) is 1.51. The van der Waals surface area contributed by atoms with E-state index in [0.717, 1.165) is 0 Å². The quantitative estimate of drug-likeness (QED) is 0.350. The van der Waals surface area contributed by atoms with Crippen LogP contribution in [-0.2, 0) is 14.9 Å². The minimum atomic E-state index is -1.47. The third kappa shape index (κ3) is 3.01. The van der Waals surface area contributed by atoms with Crippen LogP contribution in [-0.4, -0.2) is 17.5 Å². The number of esters is 1. The summed E-state index contributed by atoms with van der Waals surface area (Å²) in [7, 11) is 0. The summed E-state index contributed by atoms with van der Waals surface area (Å²) >= 11 is 1.87. The summed E-state index contributed by atoms with van der Waals surface area (Å²) in [6.45, 7) is 3.25. The predicted molar refractivity (Wildman–Crippen MR) is 75.4 cm³/mol.